The second kappa shape index (κ2) is 6.50. The van der Waals surface area contributed by atoms with Gasteiger partial charge in [0.15, 0.2) is 0 Å². The molecule has 2 heterocycles. The molecule has 2 fully saturated rings. The minimum Gasteiger partial charge on any atom is -0.466 e. The standard InChI is InChI=1S/C12H21NO2S/c14-12-10-11(4-8-15-12)16-9-7-13-5-2-1-3-6-13/h11H,1-10H2. The molecule has 1 unspecified atom stereocenters. The van der Waals surface area contributed by atoms with Crippen molar-refractivity contribution in [3.8, 4) is 0 Å². The monoisotopic (exact) mass is 243 g/mol. The third-order valence-corrected chi connectivity index (χ3v) is 4.60. The van der Waals surface area contributed by atoms with Crippen LogP contribution in [-0.4, -0.2) is 48.1 Å². The zero-order chi connectivity index (χ0) is 11.2. The summed E-state index contributed by atoms with van der Waals surface area (Å²) in [6, 6.07) is 0. The summed E-state index contributed by atoms with van der Waals surface area (Å²) in [6.07, 6.45) is 5.78. The van der Waals surface area contributed by atoms with Crippen molar-refractivity contribution in [3.05, 3.63) is 0 Å². The largest absolute Gasteiger partial charge is 0.466 e. The molecule has 2 saturated heterocycles. The van der Waals surface area contributed by atoms with E-state index in [-0.39, 0.29) is 5.97 Å². The summed E-state index contributed by atoms with van der Waals surface area (Å²) in [4.78, 5) is 13.6. The number of carbonyl (C=O) groups is 1. The molecule has 4 heteroatoms. The molecular formula is C12H21NO2S. The summed E-state index contributed by atoms with van der Waals surface area (Å²) in [5.41, 5.74) is 0. The maximum absolute atomic E-state index is 11.1. The van der Waals surface area contributed by atoms with Gasteiger partial charge in [0, 0.05) is 17.5 Å². The van der Waals surface area contributed by atoms with Crippen LogP contribution in [0.1, 0.15) is 32.1 Å². The number of hydrogen-bond acceptors (Lipinski definition) is 4. The van der Waals surface area contributed by atoms with Gasteiger partial charge in [0.05, 0.1) is 13.0 Å². The number of piperidine rings is 1. The van der Waals surface area contributed by atoms with E-state index < -0.39 is 0 Å². The lowest BCUT2D eigenvalue weighted by atomic mass is 10.1. The first-order valence-electron chi connectivity index (χ1n) is 6.34. The third kappa shape index (κ3) is 3.98. The summed E-state index contributed by atoms with van der Waals surface area (Å²) in [5.74, 6) is 1.15. The molecule has 16 heavy (non-hydrogen) atoms. The molecule has 0 amide bonds. The first-order chi connectivity index (χ1) is 7.84. The summed E-state index contributed by atoms with van der Waals surface area (Å²) < 4.78 is 4.94. The lowest BCUT2D eigenvalue weighted by Crippen LogP contribution is -2.32. The van der Waals surface area contributed by atoms with Crippen molar-refractivity contribution < 1.29 is 9.53 Å². The van der Waals surface area contributed by atoms with Crippen LogP contribution >= 0.6 is 11.8 Å². The summed E-state index contributed by atoms with van der Waals surface area (Å²) in [5, 5.41) is 0.506. The Balaban J connectivity index is 1.58. The number of thioether (sulfide) groups is 1. The number of rotatable bonds is 4. The summed E-state index contributed by atoms with van der Waals surface area (Å²) in [6.45, 7) is 4.36. The zero-order valence-corrected chi connectivity index (χ0v) is 10.6. The smallest absolute Gasteiger partial charge is 0.306 e. The molecular weight excluding hydrogens is 222 g/mol. The van der Waals surface area contributed by atoms with Gasteiger partial charge in [-0.1, -0.05) is 6.42 Å². The minimum atomic E-state index is -0.0123. The van der Waals surface area contributed by atoms with E-state index in [4.69, 9.17) is 4.74 Å². The molecule has 0 N–H and O–H groups in total. The van der Waals surface area contributed by atoms with Crippen molar-refractivity contribution in [1.29, 1.82) is 0 Å². The minimum absolute atomic E-state index is 0.0123. The molecule has 2 rings (SSSR count). The highest BCUT2D eigenvalue weighted by molar-refractivity contribution is 7.99. The SMILES string of the molecule is O=C1CC(SCCN2CCCCC2)CCO1. The summed E-state index contributed by atoms with van der Waals surface area (Å²) >= 11 is 1.95. The number of esters is 1. The van der Waals surface area contributed by atoms with Crippen LogP contribution in [0.5, 0.6) is 0 Å². The molecule has 0 aromatic rings. The first kappa shape index (κ1) is 12.2. The Hall–Kier alpha value is -0.220. The Morgan fingerprint density at radius 2 is 2.12 bits per heavy atom. The predicted octanol–water partition coefficient (Wildman–Crippen LogP) is 1.91. The van der Waals surface area contributed by atoms with Crippen LogP contribution in [-0.2, 0) is 9.53 Å². The molecule has 92 valence electrons. The Morgan fingerprint density at radius 1 is 1.31 bits per heavy atom. The van der Waals surface area contributed by atoms with Gasteiger partial charge in [-0.2, -0.15) is 11.8 Å². The van der Waals surface area contributed by atoms with Gasteiger partial charge in [-0.05, 0) is 32.4 Å². The average molecular weight is 243 g/mol. The van der Waals surface area contributed by atoms with Crippen LogP contribution in [0, 0.1) is 0 Å². The molecule has 1 atom stereocenters. The van der Waals surface area contributed by atoms with E-state index in [2.05, 4.69) is 4.90 Å². The van der Waals surface area contributed by atoms with Gasteiger partial charge in [-0.25, -0.2) is 0 Å². The molecule has 0 spiro atoms. The molecule has 0 aromatic carbocycles. The molecule has 0 aliphatic carbocycles. The van der Waals surface area contributed by atoms with Crippen molar-refractivity contribution in [2.24, 2.45) is 0 Å². The maximum atomic E-state index is 11.1. The van der Waals surface area contributed by atoms with Crippen LogP contribution in [0.25, 0.3) is 0 Å². The van der Waals surface area contributed by atoms with E-state index in [9.17, 15) is 4.79 Å². The van der Waals surface area contributed by atoms with Crippen molar-refractivity contribution in [2.45, 2.75) is 37.4 Å². The maximum Gasteiger partial charge on any atom is 0.306 e. The Morgan fingerprint density at radius 3 is 2.88 bits per heavy atom. The number of nitrogens with zero attached hydrogens (tertiary/aromatic N) is 1. The molecule has 0 saturated carbocycles. The van der Waals surface area contributed by atoms with Crippen molar-refractivity contribution >= 4 is 17.7 Å². The molecule has 0 radical (unpaired) electrons. The van der Waals surface area contributed by atoms with Gasteiger partial charge in [-0.15, -0.1) is 0 Å². The predicted molar refractivity (Wildman–Crippen MR) is 66.7 cm³/mol. The van der Waals surface area contributed by atoms with Gasteiger partial charge in [-0.3, -0.25) is 4.79 Å². The second-order valence-corrected chi connectivity index (χ2v) is 6.02. The Labute approximate surface area is 102 Å². The van der Waals surface area contributed by atoms with E-state index in [0.717, 1.165) is 12.2 Å². The quantitative estimate of drug-likeness (QED) is 0.706. The van der Waals surface area contributed by atoms with Crippen molar-refractivity contribution in [1.82, 2.24) is 4.90 Å². The van der Waals surface area contributed by atoms with Crippen molar-refractivity contribution in [3.63, 3.8) is 0 Å². The highest BCUT2D eigenvalue weighted by Crippen LogP contribution is 2.23. The van der Waals surface area contributed by atoms with E-state index in [1.165, 1.54) is 38.9 Å². The van der Waals surface area contributed by atoms with Gasteiger partial charge in [0.1, 0.15) is 0 Å². The fourth-order valence-electron chi connectivity index (χ4n) is 2.32. The Bertz CT molecular complexity index is 229. The van der Waals surface area contributed by atoms with E-state index >= 15 is 0 Å². The fourth-order valence-corrected chi connectivity index (χ4v) is 3.54. The second-order valence-electron chi connectivity index (χ2n) is 4.61. The summed E-state index contributed by atoms with van der Waals surface area (Å²) in [7, 11) is 0. The topological polar surface area (TPSA) is 29.5 Å². The van der Waals surface area contributed by atoms with Crippen LogP contribution in [0.4, 0.5) is 0 Å². The lowest BCUT2D eigenvalue weighted by Gasteiger charge is -2.27. The van der Waals surface area contributed by atoms with E-state index in [1.54, 1.807) is 0 Å². The average Bonchev–Trinajstić information content (AvgIpc) is 2.30. The third-order valence-electron chi connectivity index (χ3n) is 3.31. The van der Waals surface area contributed by atoms with Gasteiger partial charge >= 0.3 is 5.97 Å². The zero-order valence-electron chi connectivity index (χ0n) is 9.82. The molecule has 3 nitrogen and oxygen atoms in total. The van der Waals surface area contributed by atoms with Crippen LogP contribution < -0.4 is 0 Å². The number of likely N-dealkylation sites (tertiary alicyclic amines) is 1. The highest BCUT2D eigenvalue weighted by atomic mass is 32.2. The van der Waals surface area contributed by atoms with Gasteiger partial charge < -0.3 is 9.64 Å². The van der Waals surface area contributed by atoms with Crippen molar-refractivity contribution in [2.75, 3.05) is 32.0 Å². The molecule has 2 aliphatic rings. The van der Waals surface area contributed by atoms with Crippen LogP contribution in [0.2, 0.25) is 0 Å². The van der Waals surface area contributed by atoms with E-state index in [0.29, 0.717) is 18.3 Å². The number of ether oxygens (including phenoxy) is 1. The number of cyclic esters (lactones) is 1. The number of carbonyl (C=O) groups excluding carboxylic acids is 1. The lowest BCUT2D eigenvalue weighted by molar-refractivity contribution is -0.146. The number of hydrogen-bond donors (Lipinski definition) is 0. The normalized spacial score (nSPS) is 27.8. The first-order valence-corrected chi connectivity index (χ1v) is 7.39. The van der Waals surface area contributed by atoms with Crippen LogP contribution in [0.15, 0.2) is 0 Å². The molecule has 0 aromatic heterocycles. The fraction of sp³-hybridized carbons (Fsp3) is 0.917. The van der Waals surface area contributed by atoms with Gasteiger partial charge in [0.25, 0.3) is 0 Å². The van der Waals surface area contributed by atoms with Crippen LogP contribution in [0.3, 0.4) is 0 Å². The van der Waals surface area contributed by atoms with Gasteiger partial charge in [0.2, 0.25) is 0 Å². The van der Waals surface area contributed by atoms with E-state index in [1.807, 2.05) is 11.8 Å². The molecule has 0 bridgehead atoms. The highest BCUT2D eigenvalue weighted by Gasteiger charge is 2.21. The molecule has 2 aliphatic heterocycles. The Kier molecular flexibility index (Phi) is 4.97.